The first kappa shape index (κ1) is 23.6. The van der Waals surface area contributed by atoms with Crippen LogP contribution in [-0.2, 0) is 6.54 Å². The number of likely N-dealkylation sites (tertiary alicyclic amines) is 1. The lowest BCUT2D eigenvalue weighted by atomic mass is 9.97. The summed E-state index contributed by atoms with van der Waals surface area (Å²) in [5.74, 6) is 1.45. The van der Waals surface area contributed by atoms with Crippen molar-refractivity contribution in [1.82, 2.24) is 25.3 Å². The minimum atomic E-state index is 0.227. The third-order valence-corrected chi connectivity index (χ3v) is 7.94. The van der Waals surface area contributed by atoms with Gasteiger partial charge in [-0.2, -0.15) is 5.10 Å². The molecule has 2 aromatic carbocycles. The highest BCUT2D eigenvalue weighted by Crippen LogP contribution is 2.33. The van der Waals surface area contributed by atoms with E-state index in [0.29, 0.717) is 18.3 Å². The number of aromatic amines is 1. The molecule has 0 bridgehead atoms. The first-order chi connectivity index (χ1) is 18.2. The van der Waals surface area contributed by atoms with Gasteiger partial charge in [-0.05, 0) is 66.9 Å². The van der Waals surface area contributed by atoms with Gasteiger partial charge in [0.15, 0.2) is 0 Å². The van der Waals surface area contributed by atoms with Crippen molar-refractivity contribution in [1.29, 1.82) is 0 Å². The van der Waals surface area contributed by atoms with Crippen molar-refractivity contribution in [3.63, 3.8) is 0 Å². The fourth-order valence-electron chi connectivity index (χ4n) is 5.05. The molecule has 1 atom stereocenters. The van der Waals surface area contributed by atoms with Gasteiger partial charge < -0.3 is 10.2 Å². The van der Waals surface area contributed by atoms with Gasteiger partial charge in [0.05, 0.1) is 11.4 Å². The number of rotatable bonds is 7. The SMILES string of the molecule is CCN=CC(=CN)c1n[nH]c2ccc(-c3nnc(C4CCCN(Cc5csc6ccccc56)C4)o3)cc12. The molecule has 1 unspecified atom stereocenters. The molecule has 0 radical (unpaired) electrons. The van der Waals surface area contributed by atoms with Gasteiger partial charge >= 0.3 is 0 Å². The van der Waals surface area contributed by atoms with Gasteiger partial charge in [-0.15, -0.1) is 21.5 Å². The zero-order valence-electron chi connectivity index (χ0n) is 20.7. The summed E-state index contributed by atoms with van der Waals surface area (Å²) < 4.78 is 7.58. The molecule has 0 spiro atoms. The molecule has 188 valence electrons. The van der Waals surface area contributed by atoms with Crippen LogP contribution in [0.15, 0.2) is 63.5 Å². The molecule has 5 aromatic rings. The molecule has 1 fully saturated rings. The van der Waals surface area contributed by atoms with Crippen molar-refractivity contribution in [3.8, 4) is 11.5 Å². The summed E-state index contributed by atoms with van der Waals surface area (Å²) in [4.78, 5) is 6.82. The van der Waals surface area contributed by atoms with E-state index < -0.39 is 0 Å². The van der Waals surface area contributed by atoms with Crippen molar-refractivity contribution in [2.75, 3.05) is 19.6 Å². The number of nitrogens with two attached hydrogens (primary N) is 1. The van der Waals surface area contributed by atoms with Crippen molar-refractivity contribution >= 4 is 44.1 Å². The van der Waals surface area contributed by atoms with E-state index in [9.17, 15) is 0 Å². The summed E-state index contributed by atoms with van der Waals surface area (Å²) in [6, 6.07) is 14.6. The van der Waals surface area contributed by atoms with Gasteiger partial charge in [-0.1, -0.05) is 18.2 Å². The third kappa shape index (κ3) is 4.68. The summed E-state index contributed by atoms with van der Waals surface area (Å²) in [5.41, 5.74) is 10.5. The van der Waals surface area contributed by atoms with Crippen LogP contribution in [0, 0.1) is 0 Å². The van der Waals surface area contributed by atoms with Crippen molar-refractivity contribution in [2.24, 2.45) is 10.7 Å². The van der Waals surface area contributed by atoms with Gasteiger partial charge in [0.2, 0.25) is 11.8 Å². The predicted octanol–water partition coefficient (Wildman–Crippen LogP) is 5.60. The molecule has 1 aliphatic heterocycles. The number of aromatic nitrogens is 4. The van der Waals surface area contributed by atoms with Gasteiger partial charge in [0.1, 0.15) is 5.69 Å². The highest BCUT2D eigenvalue weighted by atomic mass is 32.1. The van der Waals surface area contributed by atoms with E-state index in [2.05, 4.69) is 59.9 Å². The molecule has 8 nitrogen and oxygen atoms in total. The molecule has 0 saturated carbocycles. The van der Waals surface area contributed by atoms with Gasteiger partial charge in [-0.25, -0.2) is 0 Å². The Labute approximate surface area is 218 Å². The standard InChI is InChI=1S/C28H29N7OS/c1-2-30-14-20(13-29)26-23-12-18(9-10-24(23)31-32-26)27-33-34-28(36-27)19-6-5-11-35(15-19)16-21-17-37-25-8-4-3-7-22(21)25/h3-4,7-10,12-14,17,19H,2,5-6,11,15-16,29H2,1H3,(H,31,32). The monoisotopic (exact) mass is 511 g/mol. The minimum Gasteiger partial charge on any atom is -0.420 e. The summed E-state index contributed by atoms with van der Waals surface area (Å²) in [5, 5.41) is 21.0. The third-order valence-electron chi connectivity index (χ3n) is 6.93. The second-order valence-electron chi connectivity index (χ2n) is 9.36. The molecule has 3 N–H and O–H groups in total. The molecular weight excluding hydrogens is 482 g/mol. The fraction of sp³-hybridized carbons (Fsp3) is 0.286. The zero-order valence-corrected chi connectivity index (χ0v) is 21.5. The number of thiophene rings is 1. The predicted molar refractivity (Wildman–Crippen MR) is 150 cm³/mol. The van der Waals surface area contributed by atoms with Gasteiger partial charge in [0.25, 0.3) is 0 Å². The average Bonchev–Trinajstić information content (AvgIpc) is 3.68. The summed E-state index contributed by atoms with van der Waals surface area (Å²) in [6.07, 6.45) is 5.44. The summed E-state index contributed by atoms with van der Waals surface area (Å²) in [6.45, 7) is 5.60. The number of hydrogen-bond acceptors (Lipinski definition) is 8. The normalized spacial score (nSPS) is 17.4. The van der Waals surface area contributed by atoms with Crippen molar-refractivity contribution in [3.05, 3.63) is 71.2 Å². The van der Waals surface area contributed by atoms with Crippen LogP contribution in [0.2, 0.25) is 0 Å². The molecule has 4 heterocycles. The molecule has 3 aromatic heterocycles. The molecule has 37 heavy (non-hydrogen) atoms. The molecule has 0 aliphatic carbocycles. The van der Waals surface area contributed by atoms with E-state index in [4.69, 9.17) is 10.2 Å². The molecule has 1 aliphatic rings. The molecule has 9 heteroatoms. The molecule has 6 rings (SSSR count). The largest absolute Gasteiger partial charge is 0.420 e. The maximum Gasteiger partial charge on any atom is 0.247 e. The second kappa shape index (κ2) is 10.3. The highest BCUT2D eigenvalue weighted by Gasteiger charge is 2.27. The number of allylic oxidation sites excluding steroid dienone is 1. The minimum absolute atomic E-state index is 0.227. The van der Waals surface area contributed by atoms with Crippen LogP contribution in [0.5, 0.6) is 0 Å². The van der Waals surface area contributed by atoms with E-state index in [0.717, 1.165) is 60.2 Å². The average molecular weight is 512 g/mol. The maximum absolute atomic E-state index is 6.24. The Balaban J connectivity index is 1.21. The van der Waals surface area contributed by atoms with E-state index >= 15 is 0 Å². The Morgan fingerprint density at radius 2 is 2.16 bits per heavy atom. The van der Waals surface area contributed by atoms with Crippen LogP contribution in [0.4, 0.5) is 0 Å². The molecule has 0 amide bonds. The Morgan fingerprint density at radius 3 is 3.05 bits per heavy atom. The van der Waals surface area contributed by atoms with E-state index in [1.54, 1.807) is 6.21 Å². The Bertz CT molecular complexity index is 1590. The topological polar surface area (TPSA) is 109 Å². The summed E-state index contributed by atoms with van der Waals surface area (Å²) in [7, 11) is 0. The summed E-state index contributed by atoms with van der Waals surface area (Å²) >= 11 is 1.82. The van der Waals surface area contributed by atoms with Gasteiger partial charge in [-0.3, -0.25) is 15.0 Å². The number of nitrogens with one attached hydrogen (secondary N) is 1. The number of fused-ring (bicyclic) bond motifs is 2. The maximum atomic E-state index is 6.24. The van der Waals surface area contributed by atoms with Crippen LogP contribution >= 0.6 is 11.3 Å². The number of aliphatic imine (C=N–C) groups is 1. The van der Waals surface area contributed by atoms with Crippen molar-refractivity contribution < 1.29 is 4.42 Å². The van der Waals surface area contributed by atoms with E-state index in [-0.39, 0.29) is 5.92 Å². The van der Waals surface area contributed by atoms with E-state index in [1.807, 2.05) is 36.5 Å². The Morgan fingerprint density at radius 1 is 1.24 bits per heavy atom. The van der Waals surface area contributed by atoms with Crippen molar-refractivity contribution in [2.45, 2.75) is 32.2 Å². The number of nitrogens with zero attached hydrogens (tertiary/aromatic N) is 5. The molecular formula is C28H29N7OS. The lowest BCUT2D eigenvalue weighted by Crippen LogP contribution is -2.33. The van der Waals surface area contributed by atoms with Crippen LogP contribution in [-0.4, -0.2) is 51.1 Å². The first-order valence-corrected chi connectivity index (χ1v) is 13.5. The highest BCUT2D eigenvalue weighted by molar-refractivity contribution is 7.17. The number of hydrogen-bond donors (Lipinski definition) is 2. The Hall–Kier alpha value is -3.82. The molecule has 1 saturated heterocycles. The number of H-pyrrole nitrogens is 1. The van der Waals surface area contributed by atoms with Crippen LogP contribution in [0.1, 0.15) is 42.8 Å². The van der Waals surface area contributed by atoms with E-state index in [1.165, 1.54) is 21.8 Å². The zero-order chi connectivity index (χ0) is 25.2. The number of piperidine rings is 1. The second-order valence-corrected chi connectivity index (χ2v) is 10.3. The van der Waals surface area contributed by atoms with Crippen LogP contribution in [0.25, 0.3) is 38.0 Å². The lowest BCUT2D eigenvalue weighted by molar-refractivity contribution is 0.187. The Kier molecular flexibility index (Phi) is 6.55. The van der Waals surface area contributed by atoms with Gasteiger partial charge in [0, 0.05) is 53.3 Å². The smallest absolute Gasteiger partial charge is 0.247 e. The fourth-order valence-corrected chi connectivity index (χ4v) is 6.01. The number of benzene rings is 2. The van der Waals surface area contributed by atoms with Crippen LogP contribution in [0.3, 0.4) is 0 Å². The lowest BCUT2D eigenvalue weighted by Gasteiger charge is -2.30. The van der Waals surface area contributed by atoms with Crippen LogP contribution < -0.4 is 5.73 Å². The first-order valence-electron chi connectivity index (χ1n) is 12.6. The quantitative estimate of drug-likeness (QED) is 0.275.